The molecular weight excluding hydrogens is 318 g/mol. The van der Waals surface area contributed by atoms with Crippen molar-refractivity contribution in [2.45, 2.75) is 50.7 Å². The highest BCUT2D eigenvalue weighted by Gasteiger charge is 2.27. The molecule has 0 saturated heterocycles. The van der Waals surface area contributed by atoms with Crippen LogP contribution in [0.5, 0.6) is 5.75 Å². The van der Waals surface area contributed by atoms with Gasteiger partial charge in [-0.1, -0.05) is 31.7 Å². The van der Waals surface area contributed by atoms with E-state index in [1.165, 1.54) is 18.4 Å². The van der Waals surface area contributed by atoms with Crippen molar-refractivity contribution in [3.63, 3.8) is 0 Å². The third-order valence-corrected chi connectivity index (χ3v) is 4.65. The van der Waals surface area contributed by atoms with Crippen molar-refractivity contribution < 1.29 is 9.84 Å². The molecule has 2 rings (SSSR count). The topological polar surface area (TPSA) is 41.5 Å². The summed E-state index contributed by atoms with van der Waals surface area (Å²) in [5, 5.41) is 14.0. The maximum absolute atomic E-state index is 10.6. The van der Waals surface area contributed by atoms with Crippen LogP contribution in [0.25, 0.3) is 0 Å². The Labute approximate surface area is 129 Å². The summed E-state index contributed by atoms with van der Waals surface area (Å²) in [5.41, 5.74) is 0.676. The molecule has 0 amide bonds. The van der Waals surface area contributed by atoms with E-state index in [0.717, 1.165) is 42.5 Å². The lowest BCUT2D eigenvalue weighted by Crippen LogP contribution is -2.39. The fraction of sp³-hybridized carbons (Fsp3) is 0.625. The Kier molecular flexibility index (Phi) is 5.87. The average Bonchev–Trinajstić information content (AvgIpc) is 2.64. The second kappa shape index (κ2) is 7.43. The van der Waals surface area contributed by atoms with Crippen molar-refractivity contribution in [2.24, 2.45) is 0 Å². The molecule has 3 nitrogen and oxygen atoms in total. The largest absolute Gasteiger partial charge is 0.496 e. The van der Waals surface area contributed by atoms with E-state index in [1.54, 1.807) is 7.11 Å². The first kappa shape index (κ1) is 15.8. The van der Waals surface area contributed by atoms with Gasteiger partial charge in [-0.05, 0) is 46.5 Å². The van der Waals surface area contributed by atoms with Crippen molar-refractivity contribution in [1.82, 2.24) is 5.32 Å². The van der Waals surface area contributed by atoms with Gasteiger partial charge < -0.3 is 15.2 Å². The minimum absolute atomic E-state index is 0.514. The van der Waals surface area contributed by atoms with Crippen LogP contribution in [-0.2, 0) is 6.54 Å². The van der Waals surface area contributed by atoms with Crippen molar-refractivity contribution in [2.75, 3.05) is 13.7 Å². The molecule has 112 valence electrons. The van der Waals surface area contributed by atoms with Crippen LogP contribution >= 0.6 is 15.9 Å². The van der Waals surface area contributed by atoms with Gasteiger partial charge in [0.05, 0.1) is 17.2 Å². The normalized spacial score (nSPS) is 18.6. The molecule has 0 heterocycles. The summed E-state index contributed by atoms with van der Waals surface area (Å²) >= 11 is 3.49. The molecule has 1 aromatic carbocycles. The Morgan fingerprint density at radius 1 is 1.25 bits per heavy atom. The fourth-order valence-electron chi connectivity index (χ4n) is 2.82. The molecule has 2 N–H and O–H groups in total. The predicted octanol–water partition coefficient (Wildman–Crippen LogP) is 3.63. The summed E-state index contributed by atoms with van der Waals surface area (Å²) < 4.78 is 6.19. The third kappa shape index (κ3) is 4.47. The van der Waals surface area contributed by atoms with Gasteiger partial charge in [-0.2, -0.15) is 0 Å². The van der Waals surface area contributed by atoms with Crippen molar-refractivity contribution >= 4 is 15.9 Å². The van der Waals surface area contributed by atoms with Crippen LogP contribution in [0.4, 0.5) is 0 Å². The number of halogens is 1. The molecule has 1 aromatic rings. The third-order valence-electron chi connectivity index (χ3n) is 4.03. The standard InChI is InChI=1S/C16H24BrNO2/c1-20-15-7-6-13(10-14(15)17)11-18-12-16(19)8-4-2-3-5-9-16/h6-7,10,18-19H,2-5,8-9,11-12H2,1H3. The molecule has 0 radical (unpaired) electrons. The molecule has 0 aliphatic heterocycles. The number of benzene rings is 1. The average molecular weight is 342 g/mol. The van der Waals surface area contributed by atoms with Gasteiger partial charge in [0.15, 0.2) is 0 Å². The summed E-state index contributed by atoms with van der Waals surface area (Å²) in [6, 6.07) is 6.07. The minimum atomic E-state index is -0.514. The summed E-state index contributed by atoms with van der Waals surface area (Å²) in [4.78, 5) is 0. The van der Waals surface area contributed by atoms with Gasteiger partial charge in [-0.3, -0.25) is 0 Å². The van der Waals surface area contributed by atoms with Crippen LogP contribution in [0, 0.1) is 0 Å². The first-order chi connectivity index (χ1) is 9.63. The summed E-state index contributed by atoms with van der Waals surface area (Å²) in [6.07, 6.45) is 6.65. The summed E-state index contributed by atoms with van der Waals surface area (Å²) in [6.45, 7) is 1.45. The number of ether oxygens (including phenoxy) is 1. The van der Waals surface area contributed by atoms with Gasteiger partial charge in [0.25, 0.3) is 0 Å². The summed E-state index contributed by atoms with van der Waals surface area (Å²) in [7, 11) is 1.67. The van der Waals surface area contributed by atoms with E-state index in [1.807, 2.05) is 12.1 Å². The predicted molar refractivity (Wildman–Crippen MR) is 85.1 cm³/mol. The molecule has 0 unspecified atom stereocenters. The lowest BCUT2D eigenvalue weighted by atomic mass is 9.94. The molecule has 1 fully saturated rings. The second-order valence-electron chi connectivity index (χ2n) is 5.71. The Hall–Kier alpha value is -0.580. The van der Waals surface area contributed by atoms with Crippen LogP contribution in [0.1, 0.15) is 44.1 Å². The number of hydrogen-bond acceptors (Lipinski definition) is 3. The quantitative estimate of drug-likeness (QED) is 0.803. The Balaban J connectivity index is 1.84. The lowest BCUT2D eigenvalue weighted by molar-refractivity contribution is 0.0250. The van der Waals surface area contributed by atoms with E-state index in [4.69, 9.17) is 4.74 Å². The number of nitrogens with one attached hydrogen (secondary N) is 1. The van der Waals surface area contributed by atoms with Crippen LogP contribution in [0.15, 0.2) is 22.7 Å². The van der Waals surface area contributed by atoms with E-state index in [2.05, 4.69) is 27.3 Å². The Bertz CT molecular complexity index is 428. The molecule has 1 saturated carbocycles. The fourth-order valence-corrected chi connectivity index (χ4v) is 3.41. The highest BCUT2D eigenvalue weighted by molar-refractivity contribution is 9.10. The maximum Gasteiger partial charge on any atom is 0.133 e. The van der Waals surface area contributed by atoms with Gasteiger partial charge in [-0.15, -0.1) is 0 Å². The smallest absolute Gasteiger partial charge is 0.133 e. The first-order valence-electron chi connectivity index (χ1n) is 7.38. The van der Waals surface area contributed by atoms with Crippen molar-refractivity contribution in [3.8, 4) is 5.75 Å². The lowest BCUT2D eigenvalue weighted by Gasteiger charge is -2.27. The molecule has 1 aliphatic carbocycles. The van der Waals surface area contributed by atoms with Crippen molar-refractivity contribution in [1.29, 1.82) is 0 Å². The second-order valence-corrected chi connectivity index (χ2v) is 6.57. The Morgan fingerprint density at radius 3 is 2.55 bits per heavy atom. The zero-order chi connectivity index (χ0) is 14.4. The Morgan fingerprint density at radius 2 is 1.95 bits per heavy atom. The molecular formula is C16H24BrNO2. The highest BCUT2D eigenvalue weighted by atomic mass is 79.9. The molecule has 20 heavy (non-hydrogen) atoms. The minimum Gasteiger partial charge on any atom is -0.496 e. The monoisotopic (exact) mass is 341 g/mol. The van der Waals surface area contributed by atoms with Crippen molar-refractivity contribution in [3.05, 3.63) is 28.2 Å². The molecule has 0 aromatic heterocycles. The van der Waals surface area contributed by atoms with Crippen LogP contribution in [0.2, 0.25) is 0 Å². The zero-order valence-corrected chi connectivity index (χ0v) is 13.7. The van der Waals surface area contributed by atoms with E-state index in [9.17, 15) is 5.11 Å². The molecule has 0 spiro atoms. The first-order valence-corrected chi connectivity index (χ1v) is 8.18. The van der Waals surface area contributed by atoms with E-state index in [-0.39, 0.29) is 0 Å². The van der Waals surface area contributed by atoms with Gasteiger partial charge in [0.2, 0.25) is 0 Å². The van der Waals surface area contributed by atoms with Crippen LogP contribution in [-0.4, -0.2) is 24.4 Å². The van der Waals surface area contributed by atoms with E-state index >= 15 is 0 Å². The number of aliphatic hydroxyl groups is 1. The van der Waals surface area contributed by atoms with E-state index < -0.39 is 5.60 Å². The SMILES string of the molecule is COc1ccc(CNCC2(O)CCCCCC2)cc1Br. The van der Waals surface area contributed by atoms with Gasteiger partial charge in [0, 0.05) is 13.1 Å². The molecule has 0 bridgehead atoms. The molecule has 4 heteroatoms. The van der Waals surface area contributed by atoms with Crippen LogP contribution in [0.3, 0.4) is 0 Å². The van der Waals surface area contributed by atoms with Gasteiger partial charge >= 0.3 is 0 Å². The zero-order valence-electron chi connectivity index (χ0n) is 12.1. The van der Waals surface area contributed by atoms with Gasteiger partial charge in [0.1, 0.15) is 5.75 Å². The number of hydrogen-bond donors (Lipinski definition) is 2. The highest BCUT2D eigenvalue weighted by Crippen LogP contribution is 2.27. The molecule has 1 aliphatic rings. The van der Waals surface area contributed by atoms with Crippen LogP contribution < -0.4 is 10.1 Å². The summed E-state index contributed by atoms with van der Waals surface area (Å²) in [5.74, 6) is 0.844. The van der Waals surface area contributed by atoms with Gasteiger partial charge in [-0.25, -0.2) is 0 Å². The molecule has 0 atom stereocenters. The number of rotatable bonds is 5. The number of methoxy groups -OCH3 is 1. The maximum atomic E-state index is 10.6. The van der Waals surface area contributed by atoms with E-state index in [0.29, 0.717) is 6.54 Å².